The summed E-state index contributed by atoms with van der Waals surface area (Å²) in [6, 6.07) is 7.60. The molecule has 6 heteroatoms. The zero-order valence-corrected chi connectivity index (χ0v) is 12.5. The van der Waals surface area contributed by atoms with Gasteiger partial charge in [-0.05, 0) is 37.2 Å². The Hall–Kier alpha value is -1.85. The van der Waals surface area contributed by atoms with Crippen molar-refractivity contribution in [1.29, 1.82) is 0 Å². The van der Waals surface area contributed by atoms with Crippen molar-refractivity contribution in [3.05, 3.63) is 47.2 Å². The summed E-state index contributed by atoms with van der Waals surface area (Å²) in [6.07, 6.45) is 4.35. The van der Waals surface area contributed by atoms with Crippen molar-refractivity contribution in [3.63, 3.8) is 0 Å². The first-order chi connectivity index (χ1) is 10.1. The Balaban J connectivity index is 1.77. The molecular weight excluding hydrogens is 288 g/mol. The molecule has 0 aliphatic carbocycles. The molecule has 0 saturated carbocycles. The van der Waals surface area contributed by atoms with Gasteiger partial charge >= 0.3 is 0 Å². The maximum atomic E-state index is 12.5. The molecule has 2 aromatic rings. The monoisotopic (exact) mass is 304 g/mol. The summed E-state index contributed by atoms with van der Waals surface area (Å²) < 4.78 is 1.68. The molecule has 1 aromatic heterocycles. The van der Waals surface area contributed by atoms with Crippen molar-refractivity contribution in [3.8, 4) is 5.69 Å². The van der Waals surface area contributed by atoms with E-state index in [0.29, 0.717) is 10.6 Å². The molecule has 1 aromatic carbocycles. The number of nitrogens with zero attached hydrogens (tertiary/aromatic N) is 3. The van der Waals surface area contributed by atoms with Gasteiger partial charge in [0.2, 0.25) is 0 Å². The van der Waals surface area contributed by atoms with E-state index in [4.69, 9.17) is 11.6 Å². The minimum Gasteiger partial charge on any atom is -0.337 e. The van der Waals surface area contributed by atoms with E-state index in [-0.39, 0.29) is 11.9 Å². The van der Waals surface area contributed by atoms with E-state index in [9.17, 15) is 4.79 Å². The van der Waals surface area contributed by atoms with Gasteiger partial charge in [-0.1, -0.05) is 11.6 Å². The summed E-state index contributed by atoms with van der Waals surface area (Å²) in [4.78, 5) is 14.2. The fraction of sp³-hybridized carbons (Fsp3) is 0.333. The number of carbonyl (C=O) groups excluding carboxylic acids is 1. The first-order valence-electron chi connectivity index (χ1n) is 6.93. The molecule has 21 heavy (non-hydrogen) atoms. The average molecular weight is 305 g/mol. The molecule has 1 saturated heterocycles. The maximum Gasteiger partial charge on any atom is 0.257 e. The van der Waals surface area contributed by atoms with Gasteiger partial charge in [-0.2, -0.15) is 5.10 Å². The summed E-state index contributed by atoms with van der Waals surface area (Å²) >= 11 is 5.87. The van der Waals surface area contributed by atoms with E-state index in [1.807, 2.05) is 19.2 Å². The lowest BCUT2D eigenvalue weighted by molar-refractivity contribution is 0.0744. The number of carbonyl (C=O) groups is 1. The van der Waals surface area contributed by atoms with Gasteiger partial charge in [-0.25, -0.2) is 4.68 Å². The van der Waals surface area contributed by atoms with Gasteiger partial charge in [0.25, 0.3) is 5.91 Å². The zero-order valence-electron chi connectivity index (χ0n) is 11.8. The molecule has 2 heterocycles. The lowest BCUT2D eigenvalue weighted by Crippen LogP contribution is -2.38. The van der Waals surface area contributed by atoms with Crippen LogP contribution in [0.25, 0.3) is 5.69 Å². The van der Waals surface area contributed by atoms with Gasteiger partial charge in [0.05, 0.1) is 17.4 Å². The van der Waals surface area contributed by atoms with E-state index in [0.717, 1.165) is 25.2 Å². The van der Waals surface area contributed by atoms with Crippen molar-refractivity contribution in [2.75, 3.05) is 20.1 Å². The van der Waals surface area contributed by atoms with Crippen molar-refractivity contribution in [2.24, 2.45) is 0 Å². The molecule has 5 nitrogen and oxygen atoms in total. The second-order valence-corrected chi connectivity index (χ2v) is 5.65. The molecule has 1 unspecified atom stereocenters. The number of likely N-dealkylation sites (N-methyl/N-ethyl adjacent to an activating group) is 1. The largest absolute Gasteiger partial charge is 0.337 e. The van der Waals surface area contributed by atoms with Crippen LogP contribution in [0.15, 0.2) is 36.7 Å². The van der Waals surface area contributed by atoms with E-state index < -0.39 is 0 Å². The van der Waals surface area contributed by atoms with Gasteiger partial charge in [0.15, 0.2) is 0 Å². The Morgan fingerprint density at radius 3 is 2.86 bits per heavy atom. The topological polar surface area (TPSA) is 50.2 Å². The predicted octanol–water partition coefficient (Wildman–Crippen LogP) is 1.96. The number of hydrogen-bond acceptors (Lipinski definition) is 3. The third kappa shape index (κ3) is 2.94. The van der Waals surface area contributed by atoms with E-state index in [1.54, 1.807) is 34.1 Å². The third-order valence-electron chi connectivity index (χ3n) is 3.82. The van der Waals surface area contributed by atoms with Gasteiger partial charge < -0.3 is 10.2 Å². The number of rotatable bonds is 3. The highest BCUT2D eigenvalue weighted by Crippen LogP contribution is 2.15. The van der Waals surface area contributed by atoms with E-state index in [1.165, 1.54) is 0 Å². The summed E-state index contributed by atoms with van der Waals surface area (Å²) in [5.74, 6) is 0.00362. The molecule has 0 bridgehead atoms. The number of halogens is 1. The van der Waals surface area contributed by atoms with Crippen LogP contribution in [0, 0.1) is 0 Å². The first kappa shape index (κ1) is 14.1. The Labute approximate surface area is 128 Å². The summed E-state index contributed by atoms with van der Waals surface area (Å²) in [5.41, 5.74) is 1.47. The van der Waals surface area contributed by atoms with Crippen LogP contribution in [0.1, 0.15) is 16.8 Å². The first-order valence-corrected chi connectivity index (χ1v) is 7.31. The van der Waals surface area contributed by atoms with Crippen LogP contribution < -0.4 is 5.32 Å². The molecule has 3 rings (SSSR count). The van der Waals surface area contributed by atoms with Crippen LogP contribution in [-0.2, 0) is 0 Å². The van der Waals surface area contributed by atoms with Crippen molar-refractivity contribution in [1.82, 2.24) is 20.0 Å². The standard InChI is InChI=1S/C15H17ClN4O/c1-19(14-6-7-17-9-14)15(21)11-8-18-20(10-11)13-4-2-12(16)3-5-13/h2-5,8,10,14,17H,6-7,9H2,1H3. The lowest BCUT2D eigenvalue weighted by atomic mass is 10.2. The van der Waals surface area contributed by atoms with Gasteiger partial charge in [0.1, 0.15) is 0 Å². The van der Waals surface area contributed by atoms with E-state index >= 15 is 0 Å². The quantitative estimate of drug-likeness (QED) is 0.943. The number of aromatic nitrogens is 2. The van der Waals surface area contributed by atoms with Crippen LogP contribution in [0.5, 0.6) is 0 Å². The van der Waals surface area contributed by atoms with Crippen molar-refractivity contribution in [2.45, 2.75) is 12.5 Å². The Morgan fingerprint density at radius 1 is 1.43 bits per heavy atom. The number of benzene rings is 1. The minimum absolute atomic E-state index is 0.00362. The predicted molar refractivity (Wildman–Crippen MR) is 81.9 cm³/mol. The van der Waals surface area contributed by atoms with Crippen molar-refractivity contribution < 1.29 is 4.79 Å². The lowest BCUT2D eigenvalue weighted by Gasteiger charge is -2.22. The van der Waals surface area contributed by atoms with Gasteiger partial charge in [0, 0.05) is 30.9 Å². The molecule has 0 radical (unpaired) electrons. The molecule has 1 N–H and O–H groups in total. The number of amides is 1. The Bertz CT molecular complexity index is 631. The molecular formula is C15H17ClN4O. The molecule has 0 spiro atoms. The zero-order chi connectivity index (χ0) is 14.8. The fourth-order valence-electron chi connectivity index (χ4n) is 2.51. The van der Waals surface area contributed by atoms with Crippen LogP contribution in [0.4, 0.5) is 0 Å². The smallest absolute Gasteiger partial charge is 0.257 e. The van der Waals surface area contributed by atoms with Crippen molar-refractivity contribution >= 4 is 17.5 Å². The molecule has 1 atom stereocenters. The molecule has 110 valence electrons. The molecule has 1 aliphatic heterocycles. The summed E-state index contributed by atoms with van der Waals surface area (Å²) in [5, 5.41) is 8.20. The Morgan fingerprint density at radius 2 is 2.19 bits per heavy atom. The average Bonchev–Trinajstić information content (AvgIpc) is 3.18. The summed E-state index contributed by atoms with van der Waals surface area (Å²) in [6.45, 7) is 1.82. The van der Waals surface area contributed by atoms with Crippen LogP contribution >= 0.6 is 11.6 Å². The van der Waals surface area contributed by atoms with Crippen LogP contribution in [0.2, 0.25) is 5.02 Å². The summed E-state index contributed by atoms with van der Waals surface area (Å²) in [7, 11) is 1.85. The highest BCUT2D eigenvalue weighted by molar-refractivity contribution is 6.30. The normalized spacial score (nSPS) is 17.9. The second-order valence-electron chi connectivity index (χ2n) is 5.21. The van der Waals surface area contributed by atoms with E-state index in [2.05, 4.69) is 10.4 Å². The van der Waals surface area contributed by atoms with Crippen LogP contribution in [-0.4, -0.2) is 46.8 Å². The van der Waals surface area contributed by atoms with Gasteiger partial charge in [-0.3, -0.25) is 4.79 Å². The highest BCUT2D eigenvalue weighted by Gasteiger charge is 2.24. The maximum absolute atomic E-state index is 12.5. The molecule has 1 amide bonds. The number of nitrogens with one attached hydrogen (secondary N) is 1. The molecule has 1 fully saturated rings. The Kier molecular flexibility index (Phi) is 3.94. The SMILES string of the molecule is CN(C(=O)c1cnn(-c2ccc(Cl)cc2)c1)C1CCNC1. The van der Waals surface area contributed by atoms with Crippen LogP contribution in [0.3, 0.4) is 0 Å². The number of hydrogen-bond donors (Lipinski definition) is 1. The fourth-order valence-corrected chi connectivity index (χ4v) is 2.63. The highest BCUT2D eigenvalue weighted by atomic mass is 35.5. The molecule has 1 aliphatic rings. The third-order valence-corrected chi connectivity index (χ3v) is 4.08. The second kappa shape index (κ2) is 5.87. The van der Waals surface area contributed by atoms with Gasteiger partial charge in [-0.15, -0.1) is 0 Å². The minimum atomic E-state index is 0.00362.